The lowest BCUT2D eigenvalue weighted by Gasteiger charge is -2.36. The van der Waals surface area contributed by atoms with Gasteiger partial charge in [0.25, 0.3) is 13.7 Å². The molecule has 2 aliphatic rings. The molecule has 4 atom stereocenters. The molecule has 28 heavy (non-hydrogen) atoms. The van der Waals surface area contributed by atoms with Gasteiger partial charge in [0, 0.05) is 44.5 Å². The molecule has 0 bridgehead atoms. The van der Waals surface area contributed by atoms with E-state index in [0.29, 0.717) is 25.3 Å². The molecule has 158 valence electrons. The summed E-state index contributed by atoms with van der Waals surface area (Å²) in [5, 5.41) is 0. The Morgan fingerprint density at radius 3 is 2.86 bits per heavy atom. The number of hydrogen-bond donors (Lipinski definition) is 1. The molecule has 3 rings (SSSR count). The molecule has 0 radical (unpaired) electrons. The highest BCUT2D eigenvalue weighted by Gasteiger charge is 2.32. The number of H-pyrrole nitrogens is 1. The molecule has 1 aromatic heterocycles. The molecule has 0 saturated carbocycles. The second-order valence-electron chi connectivity index (χ2n) is 7.43. The van der Waals surface area contributed by atoms with Crippen LogP contribution in [0.1, 0.15) is 24.6 Å². The summed E-state index contributed by atoms with van der Waals surface area (Å²) in [6, 6.07) is 0.127. The van der Waals surface area contributed by atoms with Crippen molar-refractivity contribution in [2.75, 3.05) is 47.0 Å². The topological polar surface area (TPSA) is 106 Å². The Kier molecular flexibility index (Phi) is 7.25. The highest BCUT2D eigenvalue weighted by molar-refractivity contribution is 7.36. The Hall–Kier alpha value is -1.29. The lowest BCUT2D eigenvalue weighted by atomic mass is 10.2. The maximum absolute atomic E-state index is 12.6. The molecular formula is C17H29N4O6P. The zero-order valence-corrected chi connectivity index (χ0v) is 17.6. The minimum Gasteiger partial charge on any atom is -0.383 e. The third kappa shape index (κ3) is 5.00. The van der Waals surface area contributed by atoms with Gasteiger partial charge in [-0.2, -0.15) is 0 Å². The lowest BCUT2D eigenvalue weighted by Crippen LogP contribution is -2.48. The van der Waals surface area contributed by atoms with E-state index < -0.39 is 25.7 Å². The first-order chi connectivity index (χ1) is 13.4. The van der Waals surface area contributed by atoms with Crippen LogP contribution in [0, 0.1) is 6.92 Å². The molecule has 2 aliphatic heterocycles. The third-order valence-corrected chi connectivity index (χ3v) is 6.62. The van der Waals surface area contributed by atoms with Crippen LogP contribution in [0.15, 0.2) is 15.8 Å². The van der Waals surface area contributed by atoms with E-state index in [1.165, 1.54) is 10.8 Å². The van der Waals surface area contributed by atoms with Crippen molar-refractivity contribution in [1.82, 2.24) is 19.1 Å². The Bertz CT molecular complexity index is 812. The molecule has 0 spiro atoms. The van der Waals surface area contributed by atoms with E-state index in [-0.39, 0.29) is 18.8 Å². The molecule has 2 fully saturated rings. The van der Waals surface area contributed by atoms with Gasteiger partial charge >= 0.3 is 5.69 Å². The molecule has 2 saturated heterocycles. The maximum atomic E-state index is 12.6. The summed E-state index contributed by atoms with van der Waals surface area (Å²) in [5.74, 6) is 0. The Morgan fingerprint density at radius 1 is 1.32 bits per heavy atom. The summed E-state index contributed by atoms with van der Waals surface area (Å²) in [6.45, 7) is 4.20. The molecule has 11 heteroatoms. The number of rotatable bonds is 7. The Morgan fingerprint density at radius 2 is 2.11 bits per heavy atom. The number of nitrogens with one attached hydrogen (secondary N) is 1. The van der Waals surface area contributed by atoms with Crippen LogP contribution in [0.4, 0.5) is 0 Å². The van der Waals surface area contributed by atoms with Gasteiger partial charge in [0.05, 0.1) is 19.3 Å². The summed E-state index contributed by atoms with van der Waals surface area (Å²) in [7, 11) is 1.19. The summed E-state index contributed by atoms with van der Waals surface area (Å²) in [5.41, 5.74) is -0.476. The fraction of sp³-hybridized carbons (Fsp3) is 0.765. The van der Waals surface area contributed by atoms with Crippen LogP contribution >= 0.6 is 8.18 Å². The van der Waals surface area contributed by atoms with Crippen LogP contribution in [0.5, 0.6) is 0 Å². The molecule has 1 N–H and O–H groups in total. The van der Waals surface area contributed by atoms with E-state index in [4.69, 9.17) is 14.0 Å². The molecule has 2 unspecified atom stereocenters. The standard InChI is InChI=1S/C17H29N4O6P/c1-12-7-20(17(23)18-16(12)22)15-9-19(2)8-14(27-15)11-26-28(24)21-6-4-5-13(21)10-25-3/h7,13-15,28H,4-6,8-11H2,1-3H3,(H,18,22,23)/t13-,14+,15?/m1/s1. The largest absolute Gasteiger partial charge is 0.383 e. The first kappa shape index (κ1) is 21.4. The summed E-state index contributed by atoms with van der Waals surface area (Å²) < 4.78 is 32.8. The van der Waals surface area contributed by atoms with Crippen molar-refractivity contribution < 1.29 is 18.6 Å². The number of morpholine rings is 1. The summed E-state index contributed by atoms with van der Waals surface area (Å²) in [4.78, 5) is 28.1. The van der Waals surface area contributed by atoms with E-state index in [2.05, 4.69) is 4.98 Å². The fourth-order valence-corrected chi connectivity index (χ4v) is 5.07. The van der Waals surface area contributed by atoms with Gasteiger partial charge in [-0.05, 0) is 26.8 Å². The molecule has 3 heterocycles. The summed E-state index contributed by atoms with van der Waals surface area (Å²) in [6.07, 6.45) is 2.55. The number of aryl methyl sites for hydroxylation is 1. The van der Waals surface area contributed by atoms with Gasteiger partial charge in [0.15, 0.2) is 6.23 Å². The lowest BCUT2D eigenvalue weighted by molar-refractivity contribution is -0.127. The highest BCUT2D eigenvalue weighted by atomic mass is 31.1. The molecule has 10 nitrogen and oxygen atoms in total. The third-order valence-electron chi connectivity index (χ3n) is 5.15. The normalized spacial score (nSPS) is 27.9. The number of aromatic nitrogens is 2. The van der Waals surface area contributed by atoms with E-state index >= 15 is 0 Å². The van der Waals surface area contributed by atoms with Gasteiger partial charge in [-0.1, -0.05) is 0 Å². The monoisotopic (exact) mass is 416 g/mol. The smallest absolute Gasteiger partial charge is 0.330 e. The van der Waals surface area contributed by atoms with E-state index in [9.17, 15) is 14.2 Å². The van der Waals surface area contributed by atoms with Crippen LogP contribution in [-0.4, -0.2) is 78.3 Å². The van der Waals surface area contributed by atoms with Crippen molar-refractivity contribution >= 4 is 8.18 Å². The van der Waals surface area contributed by atoms with Gasteiger partial charge in [-0.15, -0.1) is 0 Å². The Balaban J connectivity index is 1.62. The summed E-state index contributed by atoms with van der Waals surface area (Å²) >= 11 is 0. The van der Waals surface area contributed by atoms with Crippen molar-refractivity contribution in [2.24, 2.45) is 0 Å². The maximum Gasteiger partial charge on any atom is 0.330 e. The average Bonchev–Trinajstić information content (AvgIpc) is 3.11. The van der Waals surface area contributed by atoms with Crippen molar-refractivity contribution in [3.8, 4) is 0 Å². The second-order valence-corrected chi connectivity index (χ2v) is 8.83. The molecule has 1 aromatic rings. The zero-order valence-electron chi connectivity index (χ0n) is 16.6. The van der Waals surface area contributed by atoms with Crippen molar-refractivity contribution in [2.45, 2.75) is 38.1 Å². The second kappa shape index (κ2) is 9.47. The van der Waals surface area contributed by atoms with Crippen LogP contribution in [-0.2, 0) is 18.6 Å². The van der Waals surface area contributed by atoms with E-state index in [0.717, 1.165) is 19.4 Å². The molecular weight excluding hydrogens is 387 g/mol. The van der Waals surface area contributed by atoms with E-state index in [1.807, 2.05) is 16.6 Å². The minimum absolute atomic E-state index is 0.127. The number of hydrogen-bond acceptors (Lipinski definition) is 7. The van der Waals surface area contributed by atoms with Gasteiger partial charge in [-0.25, -0.2) is 9.46 Å². The van der Waals surface area contributed by atoms with Gasteiger partial charge in [0.2, 0.25) is 0 Å². The SMILES string of the molecule is COC[C@H]1CCCN1[PH](=O)OC[C@@H]1CN(C)CC(n2cc(C)c(=O)[nH]c2=O)O1. The molecule has 0 amide bonds. The molecule has 0 aromatic carbocycles. The number of nitrogens with zero attached hydrogens (tertiary/aromatic N) is 3. The predicted octanol–water partition coefficient (Wildman–Crippen LogP) is 0.191. The Labute approximate surface area is 164 Å². The average molecular weight is 416 g/mol. The van der Waals surface area contributed by atoms with Gasteiger partial charge in [-0.3, -0.25) is 23.8 Å². The van der Waals surface area contributed by atoms with Crippen LogP contribution < -0.4 is 11.2 Å². The highest BCUT2D eigenvalue weighted by Crippen LogP contribution is 2.37. The fourth-order valence-electron chi connectivity index (χ4n) is 3.73. The van der Waals surface area contributed by atoms with Crippen molar-refractivity contribution in [1.29, 1.82) is 0 Å². The predicted molar refractivity (Wildman–Crippen MR) is 104 cm³/mol. The number of ether oxygens (including phenoxy) is 2. The number of methoxy groups -OCH3 is 1. The van der Waals surface area contributed by atoms with Crippen molar-refractivity contribution in [3.63, 3.8) is 0 Å². The van der Waals surface area contributed by atoms with Gasteiger partial charge in [0.1, 0.15) is 0 Å². The van der Waals surface area contributed by atoms with Crippen LogP contribution in [0.3, 0.4) is 0 Å². The number of aromatic amines is 1. The first-order valence-electron chi connectivity index (χ1n) is 9.47. The van der Waals surface area contributed by atoms with Crippen LogP contribution in [0.2, 0.25) is 0 Å². The van der Waals surface area contributed by atoms with E-state index in [1.54, 1.807) is 14.0 Å². The first-order valence-corrected chi connectivity index (χ1v) is 10.7. The zero-order chi connectivity index (χ0) is 20.3. The van der Waals surface area contributed by atoms with Gasteiger partial charge < -0.3 is 14.0 Å². The van der Waals surface area contributed by atoms with Crippen LogP contribution in [0.25, 0.3) is 0 Å². The quantitative estimate of drug-likeness (QED) is 0.628. The molecule has 0 aliphatic carbocycles. The minimum atomic E-state index is -2.37. The van der Waals surface area contributed by atoms with Crippen molar-refractivity contribution in [3.05, 3.63) is 32.6 Å². The number of likely N-dealkylation sites (N-methyl/N-ethyl adjacent to an activating group) is 1.